The van der Waals surface area contributed by atoms with Gasteiger partial charge in [0.05, 0.1) is 27.9 Å². The van der Waals surface area contributed by atoms with Crippen LogP contribution >= 0.6 is 0 Å². The Labute approximate surface area is 158 Å². The molecule has 144 valence electrons. The number of hydrogen-bond acceptors (Lipinski definition) is 6. The first-order valence-electron chi connectivity index (χ1n) is 8.81. The summed E-state index contributed by atoms with van der Waals surface area (Å²) in [5.74, 6) is 2.21. The molecule has 1 heterocycles. The van der Waals surface area contributed by atoms with Crippen molar-refractivity contribution in [1.29, 1.82) is 0 Å². The zero-order valence-corrected chi connectivity index (χ0v) is 15.8. The molecule has 0 saturated carbocycles. The van der Waals surface area contributed by atoms with E-state index in [9.17, 15) is 4.79 Å². The summed E-state index contributed by atoms with van der Waals surface area (Å²) in [7, 11) is 4.60. The highest BCUT2D eigenvalue weighted by atomic mass is 16.6. The van der Waals surface area contributed by atoms with E-state index < -0.39 is 0 Å². The van der Waals surface area contributed by atoms with Crippen LogP contribution in [0.1, 0.15) is 22.3 Å². The quantitative estimate of drug-likeness (QED) is 0.471. The molecule has 2 aromatic rings. The molecular formula is C21H24O6. The number of epoxide rings is 1. The number of Topliss-reactive ketones (excluding diaryl/α,β-unsaturated/α-hetero) is 1. The van der Waals surface area contributed by atoms with E-state index in [1.807, 2.05) is 24.3 Å². The molecule has 6 heteroatoms. The molecule has 3 rings (SSSR count). The largest absolute Gasteiger partial charge is 0.493 e. The van der Waals surface area contributed by atoms with Gasteiger partial charge in [-0.15, -0.1) is 0 Å². The average molecular weight is 372 g/mol. The molecule has 1 atom stereocenters. The maximum atomic E-state index is 12.7. The zero-order valence-electron chi connectivity index (χ0n) is 15.8. The lowest BCUT2D eigenvalue weighted by Crippen LogP contribution is -2.05. The predicted octanol–water partition coefficient (Wildman–Crippen LogP) is 3.31. The summed E-state index contributed by atoms with van der Waals surface area (Å²) in [5.41, 5.74) is 1.58. The molecule has 1 fully saturated rings. The summed E-state index contributed by atoms with van der Waals surface area (Å²) < 4.78 is 26.8. The standard InChI is InChI=1S/C21H24O6/c1-23-19-10-15(11-20(24-2)21(19)25-3)18(22)8-7-14-5-4-6-16(9-14)26-12-17-13-27-17/h4-6,9-11,17H,7-8,12-13H2,1-3H3. The Morgan fingerprint density at radius 2 is 1.78 bits per heavy atom. The molecule has 0 amide bonds. The molecule has 0 N–H and O–H groups in total. The van der Waals surface area contributed by atoms with Crippen molar-refractivity contribution in [2.24, 2.45) is 0 Å². The van der Waals surface area contributed by atoms with E-state index in [1.54, 1.807) is 12.1 Å². The Hall–Kier alpha value is -2.73. The summed E-state index contributed by atoms with van der Waals surface area (Å²) in [6.45, 7) is 1.33. The van der Waals surface area contributed by atoms with Gasteiger partial charge < -0.3 is 23.7 Å². The molecule has 1 aliphatic heterocycles. The van der Waals surface area contributed by atoms with Gasteiger partial charge in [0.2, 0.25) is 5.75 Å². The molecule has 0 aliphatic carbocycles. The van der Waals surface area contributed by atoms with E-state index in [0.717, 1.165) is 17.9 Å². The SMILES string of the molecule is COc1cc(C(=O)CCc2cccc(OCC3CO3)c2)cc(OC)c1OC. The number of carbonyl (C=O) groups excluding carboxylic acids is 1. The van der Waals surface area contributed by atoms with Crippen molar-refractivity contribution in [3.05, 3.63) is 47.5 Å². The fourth-order valence-electron chi connectivity index (χ4n) is 2.79. The lowest BCUT2D eigenvalue weighted by molar-refractivity contribution is 0.0982. The number of aryl methyl sites for hydroxylation is 1. The van der Waals surface area contributed by atoms with Crippen molar-refractivity contribution in [1.82, 2.24) is 0 Å². The molecular weight excluding hydrogens is 348 g/mol. The summed E-state index contributed by atoms with van der Waals surface area (Å²) in [5, 5.41) is 0. The molecule has 1 aliphatic rings. The van der Waals surface area contributed by atoms with Crippen molar-refractivity contribution >= 4 is 5.78 Å². The Bertz CT molecular complexity index is 772. The number of methoxy groups -OCH3 is 3. The Morgan fingerprint density at radius 1 is 1.07 bits per heavy atom. The van der Waals surface area contributed by atoms with Crippen LogP contribution in [-0.4, -0.2) is 46.4 Å². The minimum Gasteiger partial charge on any atom is -0.493 e. The Balaban J connectivity index is 1.65. The van der Waals surface area contributed by atoms with Crippen molar-refractivity contribution in [2.45, 2.75) is 18.9 Å². The second-order valence-corrected chi connectivity index (χ2v) is 6.25. The van der Waals surface area contributed by atoms with Crippen molar-refractivity contribution in [3.63, 3.8) is 0 Å². The van der Waals surface area contributed by atoms with Crippen molar-refractivity contribution in [2.75, 3.05) is 34.5 Å². The lowest BCUT2D eigenvalue weighted by atomic mass is 10.0. The first kappa shape index (κ1) is 19.0. The Kier molecular flexibility index (Phi) is 6.19. The monoisotopic (exact) mass is 372 g/mol. The fraction of sp³-hybridized carbons (Fsp3) is 0.381. The van der Waals surface area contributed by atoms with Crippen molar-refractivity contribution < 1.29 is 28.5 Å². The van der Waals surface area contributed by atoms with E-state index in [1.165, 1.54) is 21.3 Å². The van der Waals surface area contributed by atoms with E-state index >= 15 is 0 Å². The minimum atomic E-state index is 0.00644. The van der Waals surface area contributed by atoms with Gasteiger partial charge in [-0.05, 0) is 36.2 Å². The topological polar surface area (TPSA) is 66.5 Å². The third-order valence-electron chi connectivity index (χ3n) is 4.36. The van der Waals surface area contributed by atoms with Crippen LogP contribution in [0.25, 0.3) is 0 Å². The number of ether oxygens (including phenoxy) is 5. The van der Waals surface area contributed by atoms with Gasteiger partial charge in [0.1, 0.15) is 18.5 Å². The second-order valence-electron chi connectivity index (χ2n) is 6.25. The Morgan fingerprint density at radius 3 is 2.37 bits per heavy atom. The summed E-state index contributed by atoms with van der Waals surface area (Å²) in [4.78, 5) is 12.7. The van der Waals surface area contributed by atoms with Crippen LogP contribution in [0.15, 0.2) is 36.4 Å². The van der Waals surface area contributed by atoms with Crippen LogP contribution in [0, 0.1) is 0 Å². The molecule has 27 heavy (non-hydrogen) atoms. The van der Waals surface area contributed by atoms with Crippen LogP contribution < -0.4 is 18.9 Å². The fourth-order valence-corrected chi connectivity index (χ4v) is 2.79. The highest BCUT2D eigenvalue weighted by Gasteiger charge is 2.23. The molecule has 2 aromatic carbocycles. The molecule has 0 bridgehead atoms. The highest BCUT2D eigenvalue weighted by Crippen LogP contribution is 2.38. The van der Waals surface area contributed by atoms with Crippen LogP contribution in [0.4, 0.5) is 0 Å². The third kappa shape index (κ3) is 4.92. The molecule has 6 nitrogen and oxygen atoms in total. The number of ketones is 1. The number of benzene rings is 2. The van der Waals surface area contributed by atoms with Gasteiger partial charge in [-0.3, -0.25) is 4.79 Å². The van der Waals surface area contributed by atoms with Gasteiger partial charge in [-0.2, -0.15) is 0 Å². The van der Waals surface area contributed by atoms with Gasteiger partial charge in [-0.25, -0.2) is 0 Å². The molecule has 0 aromatic heterocycles. The van der Waals surface area contributed by atoms with Gasteiger partial charge in [-0.1, -0.05) is 12.1 Å². The third-order valence-corrected chi connectivity index (χ3v) is 4.36. The minimum absolute atomic E-state index is 0.00644. The van der Waals surface area contributed by atoms with Crippen LogP contribution in [-0.2, 0) is 11.2 Å². The highest BCUT2D eigenvalue weighted by molar-refractivity contribution is 5.97. The predicted molar refractivity (Wildman–Crippen MR) is 100 cm³/mol. The van der Waals surface area contributed by atoms with Crippen molar-refractivity contribution in [3.8, 4) is 23.0 Å². The average Bonchev–Trinajstić information content (AvgIpc) is 3.54. The number of carbonyl (C=O) groups is 1. The summed E-state index contributed by atoms with van der Waals surface area (Å²) in [6.07, 6.45) is 1.20. The van der Waals surface area contributed by atoms with E-state index in [-0.39, 0.29) is 11.9 Å². The van der Waals surface area contributed by atoms with E-state index in [0.29, 0.717) is 42.3 Å². The maximum Gasteiger partial charge on any atom is 0.203 e. The van der Waals surface area contributed by atoms with E-state index in [2.05, 4.69) is 0 Å². The first-order chi connectivity index (χ1) is 13.1. The molecule has 0 spiro atoms. The molecule has 1 saturated heterocycles. The number of rotatable bonds is 10. The summed E-state index contributed by atoms with van der Waals surface area (Å²) >= 11 is 0. The first-order valence-corrected chi connectivity index (χ1v) is 8.81. The van der Waals surface area contributed by atoms with E-state index in [4.69, 9.17) is 23.7 Å². The smallest absolute Gasteiger partial charge is 0.203 e. The van der Waals surface area contributed by atoms with Gasteiger partial charge in [0.25, 0.3) is 0 Å². The number of hydrogen-bond donors (Lipinski definition) is 0. The van der Waals surface area contributed by atoms with Crippen LogP contribution in [0.3, 0.4) is 0 Å². The normalized spacial score (nSPS) is 15.1. The molecule has 0 radical (unpaired) electrons. The molecule has 1 unspecified atom stereocenters. The van der Waals surface area contributed by atoms with Gasteiger partial charge in [0, 0.05) is 12.0 Å². The van der Waals surface area contributed by atoms with Gasteiger partial charge >= 0.3 is 0 Å². The van der Waals surface area contributed by atoms with Gasteiger partial charge in [0.15, 0.2) is 17.3 Å². The maximum absolute atomic E-state index is 12.7. The second kappa shape index (κ2) is 8.77. The zero-order chi connectivity index (χ0) is 19.2. The van der Waals surface area contributed by atoms with Crippen LogP contribution in [0.2, 0.25) is 0 Å². The summed E-state index contributed by atoms with van der Waals surface area (Å²) in [6, 6.07) is 11.2. The lowest BCUT2D eigenvalue weighted by Gasteiger charge is -2.13. The van der Waals surface area contributed by atoms with Crippen LogP contribution in [0.5, 0.6) is 23.0 Å².